The van der Waals surface area contributed by atoms with E-state index in [9.17, 15) is 14.3 Å². The second kappa shape index (κ2) is 12.0. The molecule has 43 heavy (non-hydrogen) atoms. The summed E-state index contributed by atoms with van der Waals surface area (Å²) in [4.78, 5) is 19.9. The molecule has 5 rings (SSSR count). The molecule has 8 heteroatoms. The van der Waals surface area contributed by atoms with Crippen LogP contribution in [0.5, 0.6) is 5.75 Å². The third-order valence-electron chi connectivity index (χ3n) is 8.21. The van der Waals surface area contributed by atoms with E-state index >= 15 is 0 Å². The molecule has 2 aromatic carbocycles. The molecular weight excluding hydrogens is 545 g/mol. The van der Waals surface area contributed by atoms with E-state index in [0.717, 1.165) is 65.4 Å². The molecule has 1 fully saturated rings. The van der Waals surface area contributed by atoms with Crippen molar-refractivity contribution in [2.24, 2.45) is 5.41 Å². The van der Waals surface area contributed by atoms with Gasteiger partial charge in [-0.05, 0) is 81.3 Å². The number of ether oxygens (including phenoxy) is 2. The molecule has 2 aromatic heterocycles. The SMILES string of the molecule is Cc1c([C@H](OC(C)(C)C)C(=O)O)c(N2CCC(C)(C)CC2)c(-c2ccc(OCCc3ccc(F)cc3)cc2)c2nccn12. The van der Waals surface area contributed by atoms with Gasteiger partial charge in [0.25, 0.3) is 0 Å². The van der Waals surface area contributed by atoms with E-state index in [1.807, 2.05) is 62.6 Å². The number of carbonyl (C=O) groups is 1. The van der Waals surface area contributed by atoms with Crippen molar-refractivity contribution in [1.82, 2.24) is 9.38 Å². The molecule has 0 aliphatic carbocycles. The van der Waals surface area contributed by atoms with Gasteiger partial charge in [0.15, 0.2) is 6.10 Å². The summed E-state index contributed by atoms with van der Waals surface area (Å²) in [5.74, 6) is -0.552. The van der Waals surface area contributed by atoms with Gasteiger partial charge in [-0.1, -0.05) is 38.1 Å². The highest BCUT2D eigenvalue weighted by atomic mass is 19.1. The molecule has 1 aliphatic rings. The monoisotopic (exact) mass is 587 g/mol. The number of hydrogen-bond acceptors (Lipinski definition) is 5. The minimum Gasteiger partial charge on any atom is -0.493 e. The maximum atomic E-state index is 13.2. The van der Waals surface area contributed by atoms with Crippen molar-refractivity contribution in [3.05, 3.63) is 83.6 Å². The number of carboxylic acids is 1. The highest BCUT2D eigenvalue weighted by Crippen LogP contribution is 2.46. The highest BCUT2D eigenvalue weighted by molar-refractivity contribution is 5.94. The van der Waals surface area contributed by atoms with Crippen LogP contribution in [0.4, 0.5) is 10.1 Å². The van der Waals surface area contributed by atoms with Gasteiger partial charge in [-0.2, -0.15) is 0 Å². The van der Waals surface area contributed by atoms with Crippen LogP contribution in [0, 0.1) is 18.2 Å². The molecule has 228 valence electrons. The molecule has 0 bridgehead atoms. The standard InChI is InChI=1S/C35H42FN3O4/c1-23-28(31(33(40)41)43-34(2,3)4)30(38-19-16-35(5,6)17-20-38)29(32-37-18-21-39(23)32)25-9-13-27(14-10-25)42-22-15-24-7-11-26(36)12-8-24/h7-14,18,21,31H,15-17,19-20,22H2,1-6H3,(H,40,41)/t31-/m0/s1. The van der Waals surface area contributed by atoms with E-state index < -0.39 is 17.7 Å². The zero-order valence-electron chi connectivity index (χ0n) is 26.0. The van der Waals surface area contributed by atoms with Gasteiger partial charge < -0.3 is 23.9 Å². The van der Waals surface area contributed by atoms with Gasteiger partial charge in [0.05, 0.1) is 17.9 Å². The van der Waals surface area contributed by atoms with Crippen LogP contribution in [0.15, 0.2) is 60.9 Å². The number of aryl methyl sites for hydroxylation is 1. The van der Waals surface area contributed by atoms with Gasteiger partial charge in [-0.25, -0.2) is 14.2 Å². The number of fused-ring (bicyclic) bond motifs is 1. The lowest BCUT2D eigenvalue weighted by atomic mass is 9.82. The van der Waals surface area contributed by atoms with Crippen molar-refractivity contribution >= 4 is 17.3 Å². The first kappa shape index (κ1) is 30.5. The highest BCUT2D eigenvalue weighted by Gasteiger charge is 2.37. The van der Waals surface area contributed by atoms with Crippen molar-refractivity contribution in [1.29, 1.82) is 0 Å². The van der Waals surface area contributed by atoms with Gasteiger partial charge in [0.1, 0.15) is 17.2 Å². The van der Waals surface area contributed by atoms with Gasteiger partial charge in [-0.3, -0.25) is 0 Å². The molecule has 1 N–H and O–H groups in total. The van der Waals surface area contributed by atoms with Crippen LogP contribution in [-0.2, 0) is 16.0 Å². The van der Waals surface area contributed by atoms with E-state index in [0.29, 0.717) is 18.6 Å². The Labute approximate surface area is 253 Å². The molecular formula is C35H42FN3O4. The average molecular weight is 588 g/mol. The van der Waals surface area contributed by atoms with Gasteiger partial charge in [0, 0.05) is 48.7 Å². The zero-order chi connectivity index (χ0) is 30.9. The van der Waals surface area contributed by atoms with Crippen molar-refractivity contribution in [2.45, 2.75) is 72.5 Å². The molecule has 3 heterocycles. The Kier molecular flexibility index (Phi) is 8.52. The number of halogens is 1. The summed E-state index contributed by atoms with van der Waals surface area (Å²) >= 11 is 0. The number of pyridine rings is 1. The Morgan fingerprint density at radius 3 is 2.33 bits per heavy atom. The number of benzene rings is 2. The van der Waals surface area contributed by atoms with Crippen LogP contribution in [-0.4, -0.2) is 45.8 Å². The van der Waals surface area contributed by atoms with Crippen LogP contribution >= 0.6 is 0 Å². The van der Waals surface area contributed by atoms with Gasteiger partial charge in [-0.15, -0.1) is 0 Å². The lowest BCUT2D eigenvalue weighted by Gasteiger charge is -2.41. The molecule has 0 saturated carbocycles. The smallest absolute Gasteiger partial charge is 0.337 e. The number of nitrogens with zero attached hydrogens (tertiary/aromatic N) is 3. The van der Waals surface area contributed by atoms with E-state index in [2.05, 4.69) is 18.7 Å². The minimum absolute atomic E-state index is 0.213. The predicted molar refractivity (Wildman–Crippen MR) is 167 cm³/mol. The Bertz CT molecular complexity index is 1580. The normalized spacial score (nSPS) is 15.9. The summed E-state index contributed by atoms with van der Waals surface area (Å²) in [6, 6.07) is 14.3. The summed E-state index contributed by atoms with van der Waals surface area (Å²) in [6.07, 6.45) is 5.12. The Morgan fingerprint density at radius 1 is 1.07 bits per heavy atom. The summed E-state index contributed by atoms with van der Waals surface area (Å²) in [5, 5.41) is 10.5. The number of rotatable bonds is 9. The summed E-state index contributed by atoms with van der Waals surface area (Å²) < 4.78 is 27.5. The number of aliphatic carboxylic acids is 1. The van der Waals surface area contributed by atoms with Crippen molar-refractivity contribution in [3.63, 3.8) is 0 Å². The van der Waals surface area contributed by atoms with Crippen molar-refractivity contribution < 1.29 is 23.8 Å². The number of piperidine rings is 1. The molecule has 0 amide bonds. The number of carboxylic acid groups (broad SMARTS) is 1. The Morgan fingerprint density at radius 2 is 1.72 bits per heavy atom. The third kappa shape index (κ3) is 6.85. The maximum absolute atomic E-state index is 13.2. The zero-order valence-corrected chi connectivity index (χ0v) is 26.0. The summed E-state index contributed by atoms with van der Waals surface area (Å²) in [6.45, 7) is 14.2. The van der Waals surface area contributed by atoms with E-state index in [4.69, 9.17) is 14.5 Å². The summed E-state index contributed by atoms with van der Waals surface area (Å²) in [5.41, 5.74) is 5.44. The van der Waals surface area contributed by atoms with Crippen molar-refractivity contribution in [2.75, 3.05) is 24.6 Å². The maximum Gasteiger partial charge on any atom is 0.337 e. The number of anilines is 1. The van der Waals surface area contributed by atoms with Crippen molar-refractivity contribution in [3.8, 4) is 16.9 Å². The fraction of sp³-hybridized carbons (Fsp3) is 0.429. The molecule has 1 saturated heterocycles. The quantitative estimate of drug-likeness (QED) is 0.217. The Hall–Kier alpha value is -3.91. The molecule has 7 nitrogen and oxygen atoms in total. The van der Waals surface area contributed by atoms with Crippen LogP contribution in [0.1, 0.15) is 70.4 Å². The number of imidazole rings is 1. The largest absolute Gasteiger partial charge is 0.493 e. The van der Waals surface area contributed by atoms with E-state index in [1.165, 1.54) is 12.1 Å². The fourth-order valence-electron chi connectivity index (χ4n) is 5.79. The molecule has 1 atom stereocenters. The van der Waals surface area contributed by atoms with Crippen LogP contribution in [0.25, 0.3) is 16.8 Å². The second-order valence-electron chi connectivity index (χ2n) is 13.2. The molecule has 0 radical (unpaired) electrons. The van der Waals surface area contributed by atoms with E-state index in [-0.39, 0.29) is 11.2 Å². The first-order chi connectivity index (χ1) is 20.3. The second-order valence-corrected chi connectivity index (χ2v) is 13.2. The summed E-state index contributed by atoms with van der Waals surface area (Å²) in [7, 11) is 0. The van der Waals surface area contributed by atoms with Gasteiger partial charge in [0.2, 0.25) is 0 Å². The lowest BCUT2D eigenvalue weighted by Crippen LogP contribution is -2.39. The fourth-order valence-corrected chi connectivity index (χ4v) is 5.79. The number of hydrogen-bond donors (Lipinski definition) is 1. The topological polar surface area (TPSA) is 76.3 Å². The minimum atomic E-state index is -1.16. The van der Waals surface area contributed by atoms with E-state index in [1.54, 1.807) is 18.3 Å². The molecule has 0 spiro atoms. The predicted octanol–water partition coefficient (Wildman–Crippen LogP) is 7.64. The Balaban J connectivity index is 1.58. The first-order valence-electron chi connectivity index (χ1n) is 15.0. The first-order valence-corrected chi connectivity index (χ1v) is 15.0. The molecule has 1 aliphatic heterocycles. The molecule has 4 aromatic rings. The van der Waals surface area contributed by atoms with Gasteiger partial charge >= 0.3 is 5.97 Å². The third-order valence-corrected chi connectivity index (χ3v) is 8.21. The molecule has 0 unspecified atom stereocenters. The van der Waals surface area contributed by atoms with Crippen LogP contribution in [0.2, 0.25) is 0 Å². The lowest BCUT2D eigenvalue weighted by molar-refractivity contribution is -0.160. The number of aromatic nitrogens is 2. The average Bonchev–Trinajstić information content (AvgIpc) is 3.43. The van der Waals surface area contributed by atoms with Crippen LogP contribution in [0.3, 0.4) is 0 Å². The van der Waals surface area contributed by atoms with Crippen LogP contribution < -0.4 is 9.64 Å².